The van der Waals surface area contributed by atoms with Crippen LogP contribution in [0.2, 0.25) is 4.34 Å². The minimum absolute atomic E-state index is 0.294. The molecule has 1 atom stereocenters. The number of nitrogens with one attached hydrogen (secondary N) is 1. The van der Waals surface area contributed by atoms with Crippen molar-refractivity contribution in [3.05, 3.63) is 69.4 Å². The van der Waals surface area contributed by atoms with E-state index in [-0.39, 0.29) is 12.5 Å². The van der Waals surface area contributed by atoms with E-state index in [0.29, 0.717) is 23.0 Å². The summed E-state index contributed by atoms with van der Waals surface area (Å²) in [5.41, 5.74) is -0.532. The number of nitrogens with zero attached hydrogens (tertiary/aromatic N) is 2. The molecule has 160 valence electrons. The lowest BCUT2D eigenvalue weighted by Crippen LogP contribution is -2.44. The lowest BCUT2D eigenvalue weighted by Gasteiger charge is -2.25. The first-order chi connectivity index (χ1) is 14.8. The molecule has 3 aromatic rings. The van der Waals surface area contributed by atoms with Crippen molar-refractivity contribution in [1.29, 1.82) is 0 Å². The fourth-order valence-electron chi connectivity index (χ4n) is 3.92. The molecule has 1 unspecified atom stereocenters. The molecule has 8 heteroatoms. The number of amides is 4. The Kier molecular flexibility index (Phi) is 5.73. The number of rotatable bonds is 6. The van der Waals surface area contributed by atoms with Gasteiger partial charge < -0.3 is 10.2 Å². The molecule has 4 rings (SSSR count). The van der Waals surface area contributed by atoms with E-state index in [1.54, 1.807) is 17.9 Å². The Bertz CT molecular complexity index is 1170. The van der Waals surface area contributed by atoms with Crippen LogP contribution in [0.5, 0.6) is 0 Å². The molecule has 1 aliphatic rings. The molecule has 6 nitrogen and oxygen atoms in total. The smallest absolute Gasteiger partial charge is 0.325 e. The molecule has 0 bridgehead atoms. The van der Waals surface area contributed by atoms with Crippen molar-refractivity contribution in [3.63, 3.8) is 0 Å². The third-order valence-electron chi connectivity index (χ3n) is 5.61. The highest BCUT2D eigenvalue weighted by atomic mass is 35.5. The van der Waals surface area contributed by atoms with Gasteiger partial charge in [0.25, 0.3) is 5.91 Å². The van der Waals surface area contributed by atoms with Crippen LogP contribution in [0.15, 0.2) is 54.6 Å². The van der Waals surface area contributed by atoms with E-state index in [2.05, 4.69) is 5.32 Å². The molecule has 4 amide bonds. The van der Waals surface area contributed by atoms with Gasteiger partial charge in [0.15, 0.2) is 0 Å². The van der Waals surface area contributed by atoms with Gasteiger partial charge in [-0.15, -0.1) is 11.3 Å². The summed E-state index contributed by atoms with van der Waals surface area (Å²) in [5, 5.41) is 4.67. The Morgan fingerprint density at radius 1 is 1.13 bits per heavy atom. The van der Waals surface area contributed by atoms with Gasteiger partial charge in [0, 0.05) is 11.4 Å². The quantitative estimate of drug-likeness (QED) is 0.561. The molecule has 1 N–H and O–H groups in total. The lowest BCUT2D eigenvalue weighted by atomic mass is 9.88. The average molecular weight is 456 g/mol. The predicted octanol–water partition coefficient (Wildman–Crippen LogP) is 4.37. The summed E-state index contributed by atoms with van der Waals surface area (Å²) in [6.07, 6.45) is 0. The van der Waals surface area contributed by atoms with Crippen molar-refractivity contribution in [2.75, 3.05) is 13.1 Å². The number of hydrogen-bond acceptors (Lipinski definition) is 4. The predicted molar refractivity (Wildman–Crippen MR) is 122 cm³/mol. The van der Waals surface area contributed by atoms with Crippen molar-refractivity contribution in [3.8, 4) is 0 Å². The van der Waals surface area contributed by atoms with E-state index in [1.165, 1.54) is 11.3 Å². The lowest BCUT2D eigenvalue weighted by molar-refractivity contribution is -0.139. The highest BCUT2D eigenvalue weighted by Crippen LogP contribution is 2.34. The van der Waals surface area contributed by atoms with E-state index >= 15 is 0 Å². The molecule has 1 fully saturated rings. The van der Waals surface area contributed by atoms with Crippen LogP contribution in [0.3, 0.4) is 0 Å². The summed E-state index contributed by atoms with van der Waals surface area (Å²) in [7, 11) is 0. The zero-order valence-electron chi connectivity index (χ0n) is 17.2. The van der Waals surface area contributed by atoms with Crippen LogP contribution in [0.4, 0.5) is 4.79 Å². The Hall–Kier alpha value is -2.90. The van der Waals surface area contributed by atoms with Gasteiger partial charge in [0.1, 0.15) is 12.1 Å². The number of thiophene rings is 1. The molecular weight excluding hydrogens is 434 g/mol. The normalized spacial score (nSPS) is 18.5. The van der Waals surface area contributed by atoms with Gasteiger partial charge in [-0.2, -0.15) is 0 Å². The van der Waals surface area contributed by atoms with Crippen molar-refractivity contribution >= 4 is 51.6 Å². The molecule has 0 aliphatic carbocycles. The first kappa shape index (κ1) is 21.3. The molecule has 0 saturated carbocycles. The van der Waals surface area contributed by atoms with Crippen molar-refractivity contribution in [1.82, 2.24) is 15.1 Å². The molecular formula is C23H22ClN3O3S. The molecule has 31 heavy (non-hydrogen) atoms. The number of carbonyl (C=O) groups excluding carboxylic acids is 3. The summed E-state index contributed by atoms with van der Waals surface area (Å²) in [5.74, 6) is -0.727. The van der Waals surface area contributed by atoms with Crippen molar-refractivity contribution in [2.24, 2.45) is 0 Å². The number of carbonyl (C=O) groups is 3. The SMILES string of the molecule is CCN(Cc1ccc(Cl)s1)C(=O)CN1C(=O)NC(C)(c2cccc3ccccc23)C1=O. The van der Waals surface area contributed by atoms with Gasteiger partial charge >= 0.3 is 6.03 Å². The second-order valence-electron chi connectivity index (χ2n) is 7.59. The highest BCUT2D eigenvalue weighted by molar-refractivity contribution is 7.16. The highest BCUT2D eigenvalue weighted by Gasteiger charge is 2.50. The van der Waals surface area contributed by atoms with Gasteiger partial charge in [-0.3, -0.25) is 14.5 Å². The Labute approximate surface area is 189 Å². The second kappa shape index (κ2) is 8.32. The van der Waals surface area contributed by atoms with Gasteiger partial charge in [0.05, 0.1) is 10.9 Å². The third kappa shape index (κ3) is 3.91. The number of hydrogen-bond donors (Lipinski definition) is 1. The van der Waals surface area contributed by atoms with Gasteiger partial charge in [-0.05, 0) is 42.3 Å². The summed E-state index contributed by atoms with van der Waals surface area (Å²) in [6.45, 7) is 4.08. The zero-order chi connectivity index (χ0) is 22.2. The van der Waals surface area contributed by atoms with Crippen molar-refractivity contribution in [2.45, 2.75) is 25.9 Å². The van der Waals surface area contributed by atoms with Crippen molar-refractivity contribution < 1.29 is 14.4 Å². The fraction of sp³-hybridized carbons (Fsp3) is 0.261. The maximum Gasteiger partial charge on any atom is 0.325 e. The van der Waals surface area contributed by atoms with E-state index < -0.39 is 17.5 Å². The molecule has 1 aliphatic heterocycles. The summed E-state index contributed by atoms with van der Waals surface area (Å²) in [4.78, 5) is 42.5. The zero-order valence-corrected chi connectivity index (χ0v) is 18.8. The summed E-state index contributed by atoms with van der Waals surface area (Å²) >= 11 is 7.39. The second-order valence-corrected chi connectivity index (χ2v) is 9.39. The Balaban J connectivity index is 1.57. The number of urea groups is 1. The molecule has 1 saturated heterocycles. The minimum atomic E-state index is -1.24. The fourth-order valence-corrected chi connectivity index (χ4v) is 5.02. The van der Waals surface area contributed by atoms with Crippen LogP contribution in [-0.2, 0) is 21.7 Å². The number of imide groups is 1. The van der Waals surface area contributed by atoms with Gasteiger partial charge in [-0.25, -0.2) is 4.79 Å². The maximum absolute atomic E-state index is 13.3. The first-order valence-corrected chi connectivity index (χ1v) is 11.2. The first-order valence-electron chi connectivity index (χ1n) is 9.98. The molecule has 2 aromatic carbocycles. The van der Waals surface area contributed by atoms with Crippen LogP contribution in [0.25, 0.3) is 10.8 Å². The number of halogens is 1. The average Bonchev–Trinajstić information content (AvgIpc) is 3.27. The minimum Gasteiger partial charge on any atom is -0.336 e. The third-order valence-corrected chi connectivity index (χ3v) is 6.82. The topological polar surface area (TPSA) is 69.7 Å². The summed E-state index contributed by atoms with van der Waals surface area (Å²) in [6, 6.07) is 16.5. The van der Waals surface area contributed by atoms with Crippen LogP contribution < -0.4 is 5.32 Å². The largest absolute Gasteiger partial charge is 0.336 e. The molecule has 0 spiro atoms. The van der Waals surface area contributed by atoms with Crippen LogP contribution >= 0.6 is 22.9 Å². The molecule has 0 radical (unpaired) electrons. The van der Waals surface area contributed by atoms with E-state index in [0.717, 1.165) is 20.5 Å². The monoisotopic (exact) mass is 455 g/mol. The van der Waals surface area contributed by atoms with E-state index in [4.69, 9.17) is 11.6 Å². The molecule has 2 heterocycles. The maximum atomic E-state index is 13.3. The molecule has 1 aromatic heterocycles. The summed E-state index contributed by atoms with van der Waals surface area (Å²) < 4.78 is 0.651. The Morgan fingerprint density at radius 3 is 2.58 bits per heavy atom. The van der Waals surface area contributed by atoms with Gasteiger partial charge in [-0.1, -0.05) is 54.1 Å². The Morgan fingerprint density at radius 2 is 1.87 bits per heavy atom. The number of likely N-dealkylation sites (N-methyl/N-ethyl adjacent to an activating group) is 1. The van der Waals surface area contributed by atoms with E-state index in [9.17, 15) is 14.4 Å². The standard InChI is InChI=1S/C23H22ClN3O3S/c1-3-26(13-16-11-12-19(24)31-16)20(28)14-27-21(29)23(2,25-22(27)30)18-10-6-8-15-7-4-5-9-17(15)18/h4-12H,3,13-14H2,1-2H3,(H,25,30). The van der Waals surface area contributed by atoms with Crippen LogP contribution in [0.1, 0.15) is 24.3 Å². The number of fused-ring (bicyclic) bond motifs is 1. The van der Waals surface area contributed by atoms with Crippen LogP contribution in [0, 0.1) is 0 Å². The van der Waals surface area contributed by atoms with E-state index in [1.807, 2.05) is 55.5 Å². The van der Waals surface area contributed by atoms with Crippen LogP contribution in [-0.4, -0.2) is 40.7 Å². The number of benzene rings is 2. The van der Waals surface area contributed by atoms with Gasteiger partial charge in [0.2, 0.25) is 5.91 Å².